The van der Waals surface area contributed by atoms with Crippen molar-refractivity contribution < 1.29 is 32.4 Å². The Morgan fingerprint density at radius 1 is 1.24 bits per heavy atom. The number of sulfonamides is 1. The van der Waals surface area contributed by atoms with Gasteiger partial charge in [0.05, 0.1) is 29.7 Å². The van der Waals surface area contributed by atoms with Gasteiger partial charge < -0.3 is 29.5 Å². The molecule has 3 atom stereocenters. The Bertz CT molecular complexity index is 1540. The number of hydrogen-bond acceptors (Lipinski definition) is 8. The minimum atomic E-state index is -3.97. The predicted octanol–water partition coefficient (Wildman–Crippen LogP) is 4.13. The van der Waals surface area contributed by atoms with Gasteiger partial charge in [0.1, 0.15) is 23.2 Å². The van der Waals surface area contributed by atoms with E-state index in [9.17, 15) is 23.1 Å². The Morgan fingerprint density at radius 2 is 1.93 bits per heavy atom. The molecule has 4 rings (SSSR count). The summed E-state index contributed by atoms with van der Waals surface area (Å²) in [7, 11) is -2.35. The fraction of sp³-hybridized carbons (Fsp3) is 0.393. The standard InChI is InChI=1S/C28H34ClN5O7S/c1-16-13-34(17(2)15-35)27(36)23-12-21(32-42(38,39)22-9-6-20(29)7-10-22)8-11-24(23)40-25(16)14-33(5)28(37)30-26-18(3)31-41-19(26)4/h6-12,16-17,25,32,35H,13-15H2,1-5H3,(H,30,37)/t16-,17-,25-/m0/s1. The smallest absolute Gasteiger partial charge is 0.321 e. The van der Waals surface area contributed by atoms with Gasteiger partial charge in [-0.25, -0.2) is 13.2 Å². The summed E-state index contributed by atoms with van der Waals surface area (Å²) < 4.78 is 39.9. The molecule has 0 fully saturated rings. The highest BCUT2D eigenvalue weighted by molar-refractivity contribution is 7.92. The topological polar surface area (TPSA) is 154 Å². The number of ether oxygens (including phenoxy) is 1. The Labute approximate surface area is 249 Å². The molecule has 1 aliphatic rings. The van der Waals surface area contributed by atoms with Crippen molar-refractivity contribution in [1.82, 2.24) is 15.0 Å². The van der Waals surface area contributed by atoms with Crippen LogP contribution in [0, 0.1) is 19.8 Å². The van der Waals surface area contributed by atoms with E-state index >= 15 is 0 Å². The van der Waals surface area contributed by atoms with Gasteiger partial charge in [-0.15, -0.1) is 0 Å². The van der Waals surface area contributed by atoms with E-state index in [1.165, 1.54) is 52.3 Å². The number of nitrogens with zero attached hydrogens (tertiary/aromatic N) is 3. The second-order valence-electron chi connectivity index (χ2n) is 10.4. The van der Waals surface area contributed by atoms with E-state index in [0.29, 0.717) is 22.2 Å². The van der Waals surface area contributed by atoms with E-state index in [-0.39, 0.29) is 47.5 Å². The first kappa shape index (κ1) is 31.1. The maximum Gasteiger partial charge on any atom is 0.321 e. The number of amides is 3. The first-order valence-corrected chi connectivity index (χ1v) is 15.1. The highest BCUT2D eigenvalue weighted by atomic mass is 35.5. The normalized spacial score (nSPS) is 17.9. The van der Waals surface area contributed by atoms with Gasteiger partial charge in [0.25, 0.3) is 15.9 Å². The number of nitrogens with one attached hydrogen (secondary N) is 2. The second kappa shape index (κ2) is 12.6. The lowest BCUT2D eigenvalue weighted by Gasteiger charge is -2.38. The lowest BCUT2D eigenvalue weighted by Crippen LogP contribution is -2.50. The molecule has 0 aliphatic carbocycles. The van der Waals surface area contributed by atoms with Crippen LogP contribution in [0.15, 0.2) is 51.9 Å². The maximum absolute atomic E-state index is 13.7. The highest BCUT2D eigenvalue weighted by Gasteiger charge is 2.34. The summed E-state index contributed by atoms with van der Waals surface area (Å²) >= 11 is 5.89. The monoisotopic (exact) mass is 619 g/mol. The molecule has 0 saturated heterocycles. The zero-order valence-corrected chi connectivity index (χ0v) is 25.5. The molecular formula is C28H34ClN5O7S. The molecule has 3 amide bonds. The number of aryl methyl sites for hydroxylation is 2. The molecule has 0 unspecified atom stereocenters. The number of anilines is 2. The molecule has 226 valence electrons. The van der Waals surface area contributed by atoms with Crippen molar-refractivity contribution in [1.29, 1.82) is 0 Å². The highest BCUT2D eigenvalue weighted by Crippen LogP contribution is 2.32. The molecule has 1 aromatic heterocycles. The molecule has 3 N–H and O–H groups in total. The van der Waals surface area contributed by atoms with E-state index in [1.54, 1.807) is 27.8 Å². The fourth-order valence-corrected chi connectivity index (χ4v) is 5.72. The zero-order valence-electron chi connectivity index (χ0n) is 23.9. The summed E-state index contributed by atoms with van der Waals surface area (Å²) in [5.41, 5.74) is 1.31. The number of hydrogen-bond donors (Lipinski definition) is 3. The third-order valence-corrected chi connectivity index (χ3v) is 8.76. The van der Waals surface area contributed by atoms with E-state index in [2.05, 4.69) is 15.2 Å². The molecule has 0 radical (unpaired) electrons. The number of carbonyl (C=O) groups excluding carboxylic acids is 2. The number of rotatable bonds is 8. The van der Waals surface area contributed by atoms with Crippen molar-refractivity contribution >= 4 is 44.9 Å². The van der Waals surface area contributed by atoms with Crippen LogP contribution in [-0.2, 0) is 10.0 Å². The Balaban J connectivity index is 1.62. The summed E-state index contributed by atoms with van der Waals surface area (Å²) in [6, 6.07) is 9.18. The average Bonchev–Trinajstić information content (AvgIpc) is 3.26. The van der Waals surface area contributed by atoms with Crippen molar-refractivity contribution in [2.75, 3.05) is 36.8 Å². The van der Waals surface area contributed by atoms with Crippen LogP contribution in [0.25, 0.3) is 0 Å². The molecule has 12 nitrogen and oxygen atoms in total. The van der Waals surface area contributed by atoms with Crippen LogP contribution in [0.1, 0.15) is 35.7 Å². The van der Waals surface area contributed by atoms with E-state index in [1.807, 2.05) is 6.92 Å². The van der Waals surface area contributed by atoms with E-state index < -0.39 is 34.1 Å². The van der Waals surface area contributed by atoms with Crippen molar-refractivity contribution in [2.45, 2.75) is 44.7 Å². The Morgan fingerprint density at radius 3 is 2.55 bits per heavy atom. The molecule has 42 heavy (non-hydrogen) atoms. The van der Waals surface area contributed by atoms with Crippen LogP contribution < -0.4 is 14.8 Å². The number of aliphatic hydroxyl groups is 1. The number of carbonyl (C=O) groups is 2. The minimum absolute atomic E-state index is 0.00328. The second-order valence-corrected chi connectivity index (χ2v) is 12.5. The summed E-state index contributed by atoms with van der Waals surface area (Å²) in [4.78, 5) is 29.7. The molecule has 0 bridgehead atoms. The van der Waals surface area contributed by atoms with Crippen LogP contribution in [0.4, 0.5) is 16.2 Å². The maximum atomic E-state index is 13.7. The number of halogens is 1. The zero-order chi connectivity index (χ0) is 30.8. The van der Waals surface area contributed by atoms with Crippen molar-refractivity contribution in [3.05, 3.63) is 64.5 Å². The number of fused-ring (bicyclic) bond motifs is 1. The van der Waals surface area contributed by atoms with Crippen LogP contribution >= 0.6 is 11.6 Å². The molecular weight excluding hydrogens is 586 g/mol. The van der Waals surface area contributed by atoms with Crippen LogP contribution in [0.3, 0.4) is 0 Å². The first-order valence-electron chi connectivity index (χ1n) is 13.3. The largest absolute Gasteiger partial charge is 0.487 e. The van der Waals surface area contributed by atoms with Gasteiger partial charge in [0.15, 0.2) is 5.76 Å². The van der Waals surface area contributed by atoms with Crippen molar-refractivity contribution in [3.8, 4) is 5.75 Å². The van der Waals surface area contributed by atoms with Gasteiger partial charge in [-0.2, -0.15) is 0 Å². The summed E-state index contributed by atoms with van der Waals surface area (Å²) in [6.45, 7) is 7.15. The van der Waals surface area contributed by atoms with Crippen LogP contribution in [0.5, 0.6) is 5.75 Å². The molecule has 2 heterocycles. The van der Waals surface area contributed by atoms with E-state index in [0.717, 1.165) is 0 Å². The third kappa shape index (κ3) is 6.80. The number of likely N-dealkylation sites (N-methyl/N-ethyl adjacent to an activating group) is 1. The van der Waals surface area contributed by atoms with E-state index in [4.69, 9.17) is 20.9 Å². The van der Waals surface area contributed by atoms with Gasteiger partial charge in [-0.05, 0) is 63.2 Å². The lowest BCUT2D eigenvalue weighted by molar-refractivity contribution is 0.0371. The SMILES string of the molecule is Cc1noc(C)c1NC(=O)N(C)C[C@@H]1Oc2ccc(NS(=O)(=O)c3ccc(Cl)cc3)cc2C(=O)N([C@@H](C)CO)C[C@@H]1C. The van der Waals surface area contributed by atoms with Gasteiger partial charge in [0.2, 0.25) is 0 Å². The average molecular weight is 620 g/mol. The van der Waals surface area contributed by atoms with Crippen molar-refractivity contribution in [2.24, 2.45) is 5.92 Å². The Kier molecular flexibility index (Phi) is 9.34. The molecule has 2 aromatic carbocycles. The van der Waals surface area contributed by atoms with Crippen LogP contribution in [-0.4, -0.2) is 79.3 Å². The van der Waals surface area contributed by atoms with Crippen LogP contribution in [0.2, 0.25) is 5.02 Å². The number of urea groups is 1. The third-order valence-electron chi connectivity index (χ3n) is 7.11. The van der Waals surface area contributed by atoms with Gasteiger partial charge in [-0.3, -0.25) is 9.52 Å². The Hall–Kier alpha value is -3.81. The molecule has 0 spiro atoms. The lowest BCUT2D eigenvalue weighted by atomic mass is 9.99. The molecule has 3 aromatic rings. The molecule has 0 saturated carbocycles. The predicted molar refractivity (Wildman–Crippen MR) is 157 cm³/mol. The summed E-state index contributed by atoms with van der Waals surface area (Å²) in [5, 5.41) is 17.0. The number of aromatic nitrogens is 1. The first-order chi connectivity index (χ1) is 19.8. The number of benzene rings is 2. The van der Waals surface area contributed by atoms with Gasteiger partial charge in [-0.1, -0.05) is 23.7 Å². The molecule has 14 heteroatoms. The minimum Gasteiger partial charge on any atom is -0.487 e. The molecule has 1 aliphatic heterocycles. The van der Waals surface area contributed by atoms with Gasteiger partial charge in [0, 0.05) is 30.2 Å². The quantitative estimate of drug-likeness (QED) is 0.340. The summed E-state index contributed by atoms with van der Waals surface area (Å²) in [5.74, 6) is 0.0384. The fourth-order valence-electron chi connectivity index (χ4n) is 4.55. The number of aliphatic hydroxyl groups excluding tert-OH is 1. The summed E-state index contributed by atoms with van der Waals surface area (Å²) in [6.07, 6.45) is -0.553. The van der Waals surface area contributed by atoms with Gasteiger partial charge >= 0.3 is 6.03 Å². The van der Waals surface area contributed by atoms with Crippen molar-refractivity contribution in [3.63, 3.8) is 0 Å².